The molecule has 0 saturated heterocycles. The molecule has 1 aromatic carbocycles. The summed E-state index contributed by atoms with van der Waals surface area (Å²) < 4.78 is 0. The number of allylic oxidation sites excluding steroid dienone is 1. The SMILES string of the molecule is S=C1NC=CCC1c1ccccc1. The predicted octanol–water partition coefficient (Wildman–Crippen LogP) is 2.60. The largest absolute Gasteiger partial charge is 0.356 e. The van der Waals surface area contributed by atoms with Gasteiger partial charge in [0.1, 0.15) is 0 Å². The van der Waals surface area contributed by atoms with Gasteiger partial charge in [0.15, 0.2) is 0 Å². The lowest BCUT2D eigenvalue weighted by Crippen LogP contribution is -2.25. The summed E-state index contributed by atoms with van der Waals surface area (Å²) in [6.45, 7) is 0. The molecule has 0 amide bonds. The number of hydrogen-bond donors (Lipinski definition) is 1. The summed E-state index contributed by atoms with van der Waals surface area (Å²) in [4.78, 5) is 0.925. The van der Waals surface area contributed by atoms with Gasteiger partial charge in [-0.25, -0.2) is 0 Å². The Balaban J connectivity index is 2.26. The fourth-order valence-electron chi connectivity index (χ4n) is 1.53. The van der Waals surface area contributed by atoms with Gasteiger partial charge in [-0.3, -0.25) is 0 Å². The molecule has 0 saturated carbocycles. The molecule has 1 aliphatic heterocycles. The van der Waals surface area contributed by atoms with Crippen LogP contribution in [-0.4, -0.2) is 4.99 Å². The third-order valence-electron chi connectivity index (χ3n) is 2.23. The average Bonchev–Trinajstić information content (AvgIpc) is 2.20. The first-order valence-corrected chi connectivity index (χ1v) is 4.79. The number of thiocarbonyl (C=S) groups is 1. The van der Waals surface area contributed by atoms with Crippen molar-refractivity contribution in [1.82, 2.24) is 5.32 Å². The molecule has 1 aliphatic rings. The summed E-state index contributed by atoms with van der Waals surface area (Å²) >= 11 is 5.25. The molecule has 2 heteroatoms. The highest BCUT2D eigenvalue weighted by atomic mass is 32.1. The highest BCUT2D eigenvalue weighted by Gasteiger charge is 2.16. The Kier molecular flexibility index (Phi) is 2.41. The van der Waals surface area contributed by atoms with Crippen LogP contribution >= 0.6 is 12.2 Å². The van der Waals surface area contributed by atoms with Crippen LogP contribution in [0.25, 0.3) is 0 Å². The Bertz CT molecular complexity index is 329. The minimum atomic E-state index is 0.362. The second kappa shape index (κ2) is 3.71. The zero-order valence-electron chi connectivity index (χ0n) is 7.23. The molecular formula is C11H11NS. The predicted molar refractivity (Wildman–Crippen MR) is 58.7 cm³/mol. The monoisotopic (exact) mass is 189 g/mol. The highest BCUT2D eigenvalue weighted by molar-refractivity contribution is 7.80. The molecule has 0 radical (unpaired) electrons. The van der Waals surface area contributed by atoms with Crippen LogP contribution in [0.3, 0.4) is 0 Å². The summed E-state index contributed by atoms with van der Waals surface area (Å²) in [5, 5.41) is 3.08. The maximum Gasteiger partial charge on any atom is 0.0871 e. The van der Waals surface area contributed by atoms with E-state index < -0.39 is 0 Å². The molecule has 13 heavy (non-hydrogen) atoms. The fraction of sp³-hybridized carbons (Fsp3) is 0.182. The van der Waals surface area contributed by atoms with Crippen LogP contribution in [-0.2, 0) is 0 Å². The van der Waals surface area contributed by atoms with Crippen molar-refractivity contribution in [2.45, 2.75) is 12.3 Å². The molecule has 2 rings (SSSR count). The maximum atomic E-state index is 5.25. The van der Waals surface area contributed by atoms with Crippen molar-refractivity contribution in [1.29, 1.82) is 0 Å². The van der Waals surface area contributed by atoms with Gasteiger partial charge in [0.25, 0.3) is 0 Å². The van der Waals surface area contributed by atoms with Crippen LogP contribution in [0.4, 0.5) is 0 Å². The second-order valence-corrected chi connectivity index (χ2v) is 3.55. The van der Waals surface area contributed by atoms with Crippen LogP contribution in [0, 0.1) is 0 Å². The first-order chi connectivity index (χ1) is 6.38. The van der Waals surface area contributed by atoms with E-state index >= 15 is 0 Å². The molecule has 66 valence electrons. The van der Waals surface area contributed by atoms with E-state index in [4.69, 9.17) is 12.2 Å². The summed E-state index contributed by atoms with van der Waals surface area (Å²) in [5.74, 6) is 0.362. The van der Waals surface area contributed by atoms with Crippen molar-refractivity contribution in [3.05, 3.63) is 48.2 Å². The Labute approximate surface area is 83.5 Å². The van der Waals surface area contributed by atoms with Crippen molar-refractivity contribution >= 4 is 17.2 Å². The summed E-state index contributed by atoms with van der Waals surface area (Å²) in [6, 6.07) is 10.4. The first kappa shape index (κ1) is 8.45. The van der Waals surface area contributed by atoms with Crippen LogP contribution < -0.4 is 5.32 Å². The van der Waals surface area contributed by atoms with Crippen molar-refractivity contribution in [3.8, 4) is 0 Å². The fourth-order valence-corrected chi connectivity index (χ4v) is 1.83. The van der Waals surface area contributed by atoms with Gasteiger partial charge in [-0.2, -0.15) is 0 Å². The molecule has 1 atom stereocenters. The molecule has 0 spiro atoms. The van der Waals surface area contributed by atoms with Gasteiger partial charge in [-0.05, 0) is 18.2 Å². The lowest BCUT2D eigenvalue weighted by atomic mass is 9.94. The van der Waals surface area contributed by atoms with E-state index in [9.17, 15) is 0 Å². The summed E-state index contributed by atoms with van der Waals surface area (Å²) in [7, 11) is 0. The number of nitrogens with one attached hydrogen (secondary N) is 1. The highest BCUT2D eigenvalue weighted by Crippen LogP contribution is 2.23. The van der Waals surface area contributed by atoms with Crippen LogP contribution in [0.1, 0.15) is 17.9 Å². The van der Waals surface area contributed by atoms with E-state index in [0.29, 0.717) is 5.92 Å². The summed E-state index contributed by atoms with van der Waals surface area (Å²) in [5.41, 5.74) is 1.30. The zero-order chi connectivity index (χ0) is 9.10. The van der Waals surface area contributed by atoms with Crippen molar-refractivity contribution in [3.63, 3.8) is 0 Å². The molecule has 1 aromatic rings. The van der Waals surface area contributed by atoms with Gasteiger partial charge in [0.2, 0.25) is 0 Å². The van der Waals surface area contributed by atoms with Crippen molar-refractivity contribution in [2.75, 3.05) is 0 Å². The van der Waals surface area contributed by atoms with E-state index in [1.165, 1.54) is 5.56 Å². The smallest absolute Gasteiger partial charge is 0.0871 e. The Morgan fingerprint density at radius 2 is 2.00 bits per heavy atom. The van der Waals surface area contributed by atoms with Crippen molar-refractivity contribution in [2.24, 2.45) is 0 Å². The Morgan fingerprint density at radius 1 is 1.23 bits per heavy atom. The molecule has 0 aromatic heterocycles. The van der Waals surface area contributed by atoms with Crippen LogP contribution in [0.15, 0.2) is 42.6 Å². The molecule has 1 N–H and O–H groups in total. The van der Waals surface area contributed by atoms with Gasteiger partial charge in [-0.15, -0.1) is 0 Å². The minimum Gasteiger partial charge on any atom is -0.356 e. The molecule has 0 aliphatic carbocycles. The molecule has 1 unspecified atom stereocenters. The van der Waals surface area contributed by atoms with Gasteiger partial charge < -0.3 is 5.32 Å². The quantitative estimate of drug-likeness (QED) is 0.681. The lowest BCUT2D eigenvalue weighted by Gasteiger charge is -2.20. The first-order valence-electron chi connectivity index (χ1n) is 4.38. The van der Waals surface area contributed by atoms with Gasteiger partial charge in [0.05, 0.1) is 4.99 Å². The van der Waals surface area contributed by atoms with Gasteiger partial charge in [0, 0.05) is 5.92 Å². The minimum absolute atomic E-state index is 0.362. The standard InChI is InChI=1S/C11H11NS/c13-11-10(7-4-8-12-11)9-5-2-1-3-6-9/h1-6,8,10H,7H2,(H,12,13). The van der Waals surface area contributed by atoms with Gasteiger partial charge in [-0.1, -0.05) is 48.6 Å². The van der Waals surface area contributed by atoms with Crippen LogP contribution in [0.5, 0.6) is 0 Å². The second-order valence-electron chi connectivity index (χ2n) is 3.11. The summed E-state index contributed by atoms with van der Waals surface area (Å²) in [6.07, 6.45) is 5.05. The van der Waals surface area contributed by atoms with E-state index in [2.05, 4.69) is 35.7 Å². The molecular weight excluding hydrogens is 178 g/mol. The molecule has 0 fully saturated rings. The molecule has 1 heterocycles. The number of rotatable bonds is 1. The Morgan fingerprint density at radius 3 is 2.69 bits per heavy atom. The van der Waals surface area contributed by atoms with E-state index in [1.807, 2.05) is 12.3 Å². The van der Waals surface area contributed by atoms with Crippen LogP contribution in [0.2, 0.25) is 0 Å². The normalized spacial score (nSPS) is 21.2. The number of hydrogen-bond acceptors (Lipinski definition) is 1. The lowest BCUT2D eigenvalue weighted by molar-refractivity contribution is 0.863. The molecule has 1 nitrogen and oxygen atoms in total. The van der Waals surface area contributed by atoms with E-state index in [1.54, 1.807) is 0 Å². The molecule has 0 bridgehead atoms. The van der Waals surface area contributed by atoms with E-state index in [0.717, 1.165) is 11.4 Å². The zero-order valence-corrected chi connectivity index (χ0v) is 8.05. The topological polar surface area (TPSA) is 12.0 Å². The Hall–Kier alpha value is -1.15. The van der Waals surface area contributed by atoms with Crippen molar-refractivity contribution < 1.29 is 0 Å². The van der Waals surface area contributed by atoms with E-state index in [-0.39, 0.29) is 0 Å². The number of benzene rings is 1. The average molecular weight is 189 g/mol. The maximum absolute atomic E-state index is 5.25. The van der Waals surface area contributed by atoms with Gasteiger partial charge >= 0.3 is 0 Å². The third kappa shape index (κ3) is 1.78. The third-order valence-corrected chi connectivity index (χ3v) is 2.64.